The Kier molecular flexibility index (Phi) is 7.75. The highest BCUT2D eigenvalue weighted by molar-refractivity contribution is 5.84. The van der Waals surface area contributed by atoms with Crippen LogP contribution in [0.2, 0.25) is 0 Å². The summed E-state index contributed by atoms with van der Waals surface area (Å²) in [6, 6.07) is 6.99. The Morgan fingerprint density at radius 3 is 2.55 bits per heavy atom. The lowest BCUT2D eigenvalue weighted by Crippen LogP contribution is -2.40. The van der Waals surface area contributed by atoms with Crippen LogP contribution < -0.4 is 16.2 Å². The number of aromatic nitrogens is 2. The highest BCUT2D eigenvalue weighted by Gasteiger charge is 2.10. The van der Waals surface area contributed by atoms with Crippen molar-refractivity contribution in [2.75, 3.05) is 32.7 Å². The second kappa shape index (κ2) is 10.7. The number of benzene rings is 1. The number of nitrogens with one attached hydrogen (secondary N) is 2. The molecule has 0 atom stereocenters. The highest BCUT2D eigenvalue weighted by Crippen LogP contribution is 2.09. The first-order chi connectivity index (χ1) is 14.1. The van der Waals surface area contributed by atoms with Crippen LogP contribution in [-0.4, -0.2) is 59.0 Å². The van der Waals surface area contributed by atoms with E-state index < -0.39 is 5.91 Å². The summed E-state index contributed by atoms with van der Waals surface area (Å²) in [5.74, 6) is -0.623. The third-order valence-electron chi connectivity index (χ3n) is 5.16. The Balaban J connectivity index is 1.36. The molecule has 1 saturated heterocycles. The molecule has 0 spiro atoms. The Hall–Kier alpha value is -2.74. The van der Waals surface area contributed by atoms with Crippen molar-refractivity contribution >= 4 is 22.7 Å². The summed E-state index contributed by atoms with van der Waals surface area (Å²) in [6.07, 6.45) is 7.40. The molecular formula is C21H29N5O3. The number of likely N-dealkylation sites (tertiary alicyclic amines) is 1. The zero-order valence-corrected chi connectivity index (χ0v) is 16.7. The van der Waals surface area contributed by atoms with Gasteiger partial charge in [-0.3, -0.25) is 19.0 Å². The van der Waals surface area contributed by atoms with Gasteiger partial charge in [-0.1, -0.05) is 25.0 Å². The van der Waals surface area contributed by atoms with Crippen molar-refractivity contribution in [2.45, 2.75) is 38.6 Å². The Bertz CT molecular complexity index is 887. The summed E-state index contributed by atoms with van der Waals surface area (Å²) in [7, 11) is 0. The number of para-hydroxylation sites is 1. The lowest BCUT2D eigenvalue weighted by molar-refractivity contribution is -0.126. The Labute approximate surface area is 170 Å². The van der Waals surface area contributed by atoms with Gasteiger partial charge in [-0.2, -0.15) is 0 Å². The van der Waals surface area contributed by atoms with E-state index in [0.717, 1.165) is 26.1 Å². The second-order valence-corrected chi connectivity index (χ2v) is 7.43. The molecule has 2 N–H and O–H groups in total. The normalized spacial score (nSPS) is 15.0. The largest absolute Gasteiger partial charge is 0.355 e. The van der Waals surface area contributed by atoms with Gasteiger partial charge in [-0.15, -0.1) is 0 Å². The van der Waals surface area contributed by atoms with Crippen LogP contribution in [0.25, 0.3) is 10.9 Å². The molecule has 0 aliphatic carbocycles. The lowest BCUT2D eigenvalue weighted by Gasteiger charge is -2.19. The molecule has 2 heterocycles. The van der Waals surface area contributed by atoms with Crippen molar-refractivity contribution in [3.8, 4) is 0 Å². The van der Waals surface area contributed by atoms with Gasteiger partial charge in [0.15, 0.2) is 0 Å². The predicted octanol–water partition coefficient (Wildman–Crippen LogP) is 0.895. The molecular weight excluding hydrogens is 370 g/mol. The number of hydrogen-bond acceptors (Lipinski definition) is 5. The van der Waals surface area contributed by atoms with Crippen LogP contribution >= 0.6 is 0 Å². The van der Waals surface area contributed by atoms with E-state index in [9.17, 15) is 14.4 Å². The van der Waals surface area contributed by atoms with Gasteiger partial charge in [0.1, 0.15) is 6.54 Å². The number of carbonyl (C=O) groups excluding carboxylic acids is 2. The van der Waals surface area contributed by atoms with Gasteiger partial charge in [0.2, 0.25) is 11.8 Å². The molecule has 29 heavy (non-hydrogen) atoms. The fourth-order valence-corrected chi connectivity index (χ4v) is 3.56. The Morgan fingerprint density at radius 2 is 1.76 bits per heavy atom. The zero-order chi connectivity index (χ0) is 20.5. The lowest BCUT2D eigenvalue weighted by atomic mass is 10.2. The predicted molar refractivity (Wildman–Crippen MR) is 112 cm³/mol. The van der Waals surface area contributed by atoms with E-state index in [1.165, 1.54) is 36.6 Å². The van der Waals surface area contributed by atoms with Crippen LogP contribution in [0.5, 0.6) is 0 Å². The topological polar surface area (TPSA) is 96.3 Å². The first kappa shape index (κ1) is 21.0. The number of fused-ring (bicyclic) bond motifs is 1. The average molecular weight is 399 g/mol. The minimum absolute atomic E-state index is 0.0989. The summed E-state index contributed by atoms with van der Waals surface area (Å²) in [5.41, 5.74) is 0.317. The van der Waals surface area contributed by atoms with Crippen LogP contribution in [0, 0.1) is 0 Å². The second-order valence-electron chi connectivity index (χ2n) is 7.43. The van der Waals surface area contributed by atoms with E-state index in [1.54, 1.807) is 24.3 Å². The molecule has 0 radical (unpaired) electrons. The van der Waals surface area contributed by atoms with Gasteiger partial charge in [0.25, 0.3) is 5.56 Å². The van der Waals surface area contributed by atoms with Crippen molar-refractivity contribution in [3.05, 3.63) is 40.9 Å². The standard InChI is InChI=1S/C21H29N5O3/c27-19(22-10-7-13-25-11-5-1-2-6-12-25)14-23-20(28)15-26-16-24-18-9-4-3-8-17(18)21(26)29/h3-4,8-9,16H,1-2,5-7,10-15H2,(H,22,27)(H,23,28). The fourth-order valence-electron chi connectivity index (χ4n) is 3.56. The van der Waals surface area contributed by atoms with E-state index in [4.69, 9.17) is 0 Å². The van der Waals surface area contributed by atoms with Crippen molar-refractivity contribution < 1.29 is 9.59 Å². The van der Waals surface area contributed by atoms with Crippen molar-refractivity contribution in [2.24, 2.45) is 0 Å². The minimum atomic E-state index is -0.399. The highest BCUT2D eigenvalue weighted by atomic mass is 16.2. The number of hydrogen-bond donors (Lipinski definition) is 2. The van der Waals surface area contributed by atoms with Gasteiger partial charge >= 0.3 is 0 Å². The number of nitrogens with zero attached hydrogens (tertiary/aromatic N) is 3. The molecule has 8 heteroatoms. The molecule has 3 rings (SSSR count). The smallest absolute Gasteiger partial charge is 0.261 e. The number of amides is 2. The molecule has 2 amide bonds. The summed E-state index contributed by atoms with van der Waals surface area (Å²) >= 11 is 0. The third-order valence-corrected chi connectivity index (χ3v) is 5.16. The van der Waals surface area contributed by atoms with E-state index >= 15 is 0 Å². The molecule has 2 aromatic rings. The van der Waals surface area contributed by atoms with Gasteiger partial charge in [-0.25, -0.2) is 4.98 Å². The van der Waals surface area contributed by atoms with Gasteiger partial charge in [0, 0.05) is 6.54 Å². The van der Waals surface area contributed by atoms with Gasteiger partial charge in [0.05, 0.1) is 23.8 Å². The SMILES string of the molecule is O=C(CNC(=O)Cn1cnc2ccccc2c1=O)NCCCN1CCCCCC1. The van der Waals surface area contributed by atoms with Crippen LogP contribution in [-0.2, 0) is 16.1 Å². The van der Waals surface area contributed by atoms with Gasteiger partial charge < -0.3 is 15.5 Å². The molecule has 1 aromatic heterocycles. The van der Waals surface area contributed by atoms with Crippen molar-refractivity contribution in [1.29, 1.82) is 0 Å². The van der Waals surface area contributed by atoms with Crippen LogP contribution in [0.4, 0.5) is 0 Å². The van der Waals surface area contributed by atoms with E-state index in [1.807, 2.05) is 0 Å². The first-order valence-corrected chi connectivity index (χ1v) is 10.3. The Morgan fingerprint density at radius 1 is 1.00 bits per heavy atom. The van der Waals surface area contributed by atoms with E-state index in [0.29, 0.717) is 17.4 Å². The fraction of sp³-hybridized carbons (Fsp3) is 0.524. The van der Waals surface area contributed by atoms with Gasteiger partial charge in [-0.05, 0) is 51.0 Å². The summed E-state index contributed by atoms with van der Waals surface area (Å²) in [6.45, 7) is 3.61. The molecule has 1 aliphatic heterocycles. The summed E-state index contributed by atoms with van der Waals surface area (Å²) in [5, 5.41) is 5.85. The summed E-state index contributed by atoms with van der Waals surface area (Å²) in [4.78, 5) is 43.0. The quantitative estimate of drug-likeness (QED) is 0.643. The third kappa shape index (κ3) is 6.39. The molecule has 8 nitrogen and oxygen atoms in total. The molecule has 0 saturated carbocycles. The average Bonchev–Trinajstić information content (AvgIpc) is 3.01. The molecule has 1 fully saturated rings. The van der Waals surface area contributed by atoms with Crippen LogP contribution in [0.1, 0.15) is 32.1 Å². The maximum atomic E-state index is 12.4. The van der Waals surface area contributed by atoms with E-state index in [-0.39, 0.29) is 24.6 Å². The summed E-state index contributed by atoms with van der Waals surface area (Å²) < 4.78 is 1.25. The first-order valence-electron chi connectivity index (χ1n) is 10.3. The van der Waals surface area contributed by atoms with E-state index in [2.05, 4.69) is 20.5 Å². The molecule has 0 bridgehead atoms. The molecule has 1 aliphatic rings. The zero-order valence-electron chi connectivity index (χ0n) is 16.7. The van der Waals surface area contributed by atoms with Crippen molar-refractivity contribution in [1.82, 2.24) is 25.1 Å². The maximum absolute atomic E-state index is 12.4. The van der Waals surface area contributed by atoms with Crippen molar-refractivity contribution in [3.63, 3.8) is 0 Å². The molecule has 1 aromatic carbocycles. The molecule has 156 valence electrons. The number of rotatable bonds is 8. The molecule has 0 unspecified atom stereocenters. The van der Waals surface area contributed by atoms with Crippen LogP contribution in [0.15, 0.2) is 35.4 Å². The van der Waals surface area contributed by atoms with Crippen LogP contribution in [0.3, 0.4) is 0 Å². The monoisotopic (exact) mass is 399 g/mol. The number of carbonyl (C=O) groups is 2. The maximum Gasteiger partial charge on any atom is 0.261 e. The minimum Gasteiger partial charge on any atom is -0.355 e.